The summed E-state index contributed by atoms with van der Waals surface area (Å²) in [6.45, 7) is 0. The monoisotopic (exact) mass is 348 g/mol. The summed E-state index contributed by atoms with van der Waals surface area (Å²) >= 11 is 0. The van der Waals surface area contributed by atoms with Gasteiger partial charge in [0.05, 0.1) is 11.6 Å². The van der Waals surface area contributed by atoms with Crippen LogP contribution >= 0.6 is 0 Å². The van der Waals surface area contributed by atoms with Gasteiger partial charge in [0.1, 0.15) is 29.1 Å². The zero-order valence-electron chi connectivity index (χ0n) is 12.6. The van der Waals surface area contributed by atoms with Gasteiger partial charge in [-0.25, -0.2) is 18.0 Å². The van der Waals surface area contributed by atoms with E-state index < -0.39 is 40.9 Å². The Morgan fingerprint density at radius 2 is 1.76 bits per heavy atom. The average Bonchev–Trinajstić information content (AvgIpc) is 2.53. The minimum atomic E-state index is -1.54. The molecule has 25 heavy (non-hydrogen) atoms. The van der Waals surface area contributed by atoms with E-state index in [0.29, 0.717) is 17.7 Å². The number of rotatable bonds is 5. The molecule has 128 valence electrons. The number of nitrogens with zero attached hydrogens (tertiary/aromatic N) is 1. The molecule has 2 aromatic rings. The van der Waals surface area contributed by atoms with Gasteiger partial charge in [-0.3, -0.25) is 4.79 Å². The third-order valence-electron chi connectivity index (χ3n) is 3.40. The highest BCUT2D eigenvalue weighted by atomic mass is 19.1. The van der Waals surface area contributed by atoms with E-state index in [1.54, 1.807) is 12.1 Å². The molecule has 0 aliphatic carbocycles. The molecule has 0 saturated carbocycles. The molecule has 5 nitrogen and oxygen atoms in total. The lowest BCUT2D eigenvalue weighted by Crippen LogP contribution is -2.43. The van der Waals surface area contributed by atoms with Gasteiger partial charge in [-0.05, 0) is 11.6 Å². The second kappa shape index (κ2) is 7.49. The lowest BCUT2D eigenvalue weighted by molar-refractivity contribution is -0.139. The Morgan fingerprint density at radius 1 is 1.16 bits per heavy atom. The van der Waals surface area contributed by atoms with Gasteiger partial charge in [-0.15, -0.1) is 0 Å². The summed E-state index contributed by atoms with van der Waals surface area (Å²) in [4.78, 5) is 23.4. The quantitative estimate of drug-likeness (QED) is 0.868. The Kier molecular flexibility index (Phi) is 5.39. The number of carbonyl (C=O) groups is 2. The molecule has 0 radical (unpaired) electrons. The van der Waals surface area contributed by atoms with Crippen LogP contribution in [0.1, 0.15) is 21.5 Å². The summed E-state index contributed by atoms with van der Waals surface area (Å²) in [5.74, 6) is -6.89. The first-order valence-electron chi connectivity index (χ1n) is 6.99. The Bertz CT molecular complexity index is 855. The highest BCUT2D eigenvalue weighted by Gasteiger charge is 2.26. The number of halogens is 3. The Labute approximate surface area is 140 Å². The van der Waals surface area contributed by atoms with Crippen molar-refractivity contribution in [2.75, 3.05) is 0 Å². The van der Waals surface area contributed by atoms with Gasteiger partial charge in [0.15, 0.2) is 0 Å². The zero-order valence-corrected chi connectivity index (χ0v) is 12.6. The minimum Gasteiger partial charge on any atom is -0.480 e. The number of hydrogen-bond acceptors (Lipinski definition) is 3. The predicted molar refractivity (Wildman–Crippen MR) is 80.1 cm³/mol. The Hall–Kier alpha value is -3.34. The zero-order chi connectivity index (χ0) is 18.6. The maximum absolute atomic E-state index is 13.6. The van der Waals surface area contributed by atoms with Gasteiger partial charge < -0.3 is 10.4 Å². The van der Waals surface area contributed by atoms with Gasteiger partial charge in [0, 0.05) is 18.6 Å². The van der Waals surface area contributed by atoms with Crippen molar-refractivity contribution in [2.24, 2.45) is 0 Å². The van der Waals surface area contributed by atoms with Crippen molar-refractivity contribution in [3.05, 3.63) is 70.5 Å². The molecule has 1 amide bonds. The van der Waals surface area contributed by atoms with Gasteiger partial charge in [-0.2, -0.15) is 5.26 Å². The second-order valence-electron chi connectivity index (χ2n) is 5.08. The van der Waals surface area contributed by atoms with Crippen LogP contribution in [0.15, 0.2) is 36.4 Å². The fourth-order valence-corrected chi connectivity index (χ4v) is 2.22. The maximum atomic E-state index is 13.6. The summed E-state index contributed by atoms with van der Waals surface area (Å²) in [6, 6.07) is 7.11. The lowest BCUT2D eigenvalue weighted by atomic mass is 10.0. The van der Waals surface area contributed by atoms with Crippen LogP contribution in [0.25, 0.3) is 0 Å². The number of amides is 1. The van der Waals surface area contributed by atoms with Crippen LogP contribution in [0.5, 0.6) is 0 Å². The van der Waals surface area contributed by atoms with Crippen molar-refractivity contribution in [2.45, 2.75) is 12.5 Å². The smallest absolute Gasteiger partial charge is 0.326 e. The highest BCUT2D eigenvalue weighted by Crippen LogP contribution is 2.16. The maximum Gasteiger partial charge on any atom is 0.326 e. The molecule has 0 spiro atoms. The number of aliphatic carboxylic acids is 1. The van der Waals surface area contributed by atoms with Crippen molar-refractivity contribution in [3.63, 3.8) is 0 Å². The molecular formula is C17H11F3N2O3. The molecule has 1 atom stereocenters. The molecule has 2 rings (SSSR count). The molecule has 0 aromatic heterocycles. The standard InChI is InChI=1S/C17H11F3N2O3/c18-11-6-12(19)15(13(20)7-11)16(23)22-14(17(24)25)5-9-3-1-2-4-10(9)8-21/h1-4,6-7,14H,5H2,(H,22,23)(H,24,25)/t14-/m0/s1. The predicted octanol–water partition coefficient (Wildman–Crippen LogP) is 2.40. The number of carbonyl (C=O) groups excluding carboxylic acids is 1. The average molecular weight is 348 g/mol. The summed E-state index contributed by atoms with van der Waals surface area (Å²) in [7, 11) is 0. The third kappa shape index (κ3) is 4.14. The molecule has 0 unspecified atom stereocenters. The first kappa shape index (κ1) is 18.0. The van der Waals surface area contributed by atoms with Crippen LogP contribution in [0.3, 0.4) is 0 Å². The van der Waals surface area contributed by atoms with Crippen LogP contribution in [-0.2, 0) is 11.2 Å². The first-order chi connectivity index (χ1) is 11.8. The second-order valence-corrected chi connectivity index (χ2v) is 5.08. The van der Waals surface area contributed by atoms with Gasteiger partial charge >= 0.3 is 5.97 Å². The number of carboxylic acid groups (broad SMARTS) is 1. The van der Waals surface area contributed by atoms with Crippen molar-refractivity contribution >= 4 is 11.9 Å². The highest BCUT2D eigenvalue weighted by molar-refractivity contribution is 5.97. The van der Waals surface area contributed by atoms with E-state index >= 15 is 0 Å². The molecule has 2 aromatic carbocycles. The molecule has 0 heterocycles. The fraction of sp³-hybridized carbons (Fsp3) is 0.118. The molecule has 8 heteroatoms. The summed E-state index contributed by atoms with van der Waals surface area (Å²) in [5, 5.41) is 20.2. The van der Waals surface area contributed by atoms with Crippen molar-refractivity contribution in [1.29, 1.82) is 5.26 Å². The SMILES string of the molecule is N#Cc1ccccc1C[C@H](NC(=O)c1c(F)cc(F)cc1F)C(=O)O. The molecule has 0 aliphatic rings. The van der Waals surface area contributed by atoms with Gasteiger partial charge in [-0.1, -0.05) is 18.2 Å². The first-order valence-corrected chi connectivity index (χ1v) is 6.99. The lowest BCUT2D eigenvalue weighted by Gasteiger charge is -2.16. The van der Waals surface area contributed by atoms with Crippen molar-refractivity contribution in [3.8, 4) is 6.07 Å². The van der Waals surface area contributed by atoms with Crippen LogP contribution in [0, 0.1) is 28.8 Å². The van der Waals surface area contributed by atoms with Crippen LogP contribution in [0.2, 0.25) is 0 Å². The number of benzene rings is 2. The van der Waals surface area contributed by atoms with Gasteiger partial charge in [0.2, 0.25) is 0 Å². The molecule has 2 N–H and O–H groups in total. The molecule has 0 saturated heterocycles. The third-order valence-corrected chi connectivity index (χ3v) is 3.40. The van der Waals surface area contributed by atoms with Crippen molar-refractivity contribution in [1.82, 2.24) is 5.32 Å². The van der Waals surface area contributed by atoms with E-state index in [4.69, 9.17) is 5.26 Å². The molecule has 0 fully saturated rings. The minimum absolute atomic E-state index is 0.210. The molecule has 0 bridgehead atoms. The fourth-order valence-electron chi connectivity index (χ4n) is 2.22. The number of carboxylic acids is 1. The van der Waals surface area contributed by atoms with E-state index in [0.717, 1.165) is 0 Å². The number of nitrogens with one attached hydrogen (secondary N) is 1. The van der Waals surface area contributed by atoms with E-state index in [1.165, 1.54) is 12.1 Å². The van der Waals surface area contributed by atoms with Crippen LogP contribution < -0.4 is 5.32 Å². The van der Waals surface area contributed by atoms with E-state index in [-0.39, 0.29) is 12.0 Å². The van der Waals surface area contributed by atoms with E-state index in [2.05, 4.69) is 0 Å². The molecule has 0 aliphatic heterocycles. The normalized spacial score (nSPS) is 11.4. The summed E-state index contributed by atoms with van der Waals surface area (Å²) in [5.41, 5.74) is -0.527. The Balaban J connectivity index is 2.27. The number of hydrogen-bond donors (Lipinski definition) is 2. The van der Waals surface area contributed by atoms with Gasteiger partial charge in [0.25, 0.3) is 5.91 Å². The van der Waals surface area contributed by atoms with E-state index in [9.17, 15) is 27.9 Å². The topological polar surface area (TPSA) is 90.2 Å². The largest absolute Gasteiger partial charge is 0.480 e. The summed E-state index contributed by atoms with van der Waals surface area (Å²) < 4.78 is 40.2. The van der Waals surface area contributed by atoms with E-state index in [1.807, 2.05) is 11.4 Å². The van der Waals surface area contributed by atoms with Crippen LogP contribution in [0.4, 0.5) is 13.2 Å². The van der Waals surface area contributed by atoms with Crippen molar-refractivity contribution < 1.29 is 27.9 Å². The number of nitriles is 1. The van der Waals surface area contributed by atoms with Crippen LogP contribution in [-0.4, -0.2) is 23.0 Å². The Morgan fingerprint density at radius 3 is 2.32 bits per heavy atom. The molecular weight excluding hydrogens is 337 g/mol. The summed E-state index contributed by atoms with van der Waals surface area (Å²) in [6.07, 6.45) is -0.269.